The van der Waals surface area contributed by atoms with Gasteiger partial charge in [-0.05, 0) is 69.6 Å². The Balaban J connectivity index is 2.03. The SMILES string of the molecule is C[C@H](CC(C)(C)S(N)=O)c1cccc(OC2CCCC2)c1. The molecule has 3 nitrogen and oxygen atoms in total. The van der Waals surface area contributed by atoms with Crippen molar-refractivity contribution < 1.29 is 8.95 Å². The Morgan fingerprint density at radius 3 is 2.67 bits per heavy atom. The van der Waals surface area contributed by atoms with Crippen LogP contribution >= 0.6 is 0 Å². The second kappa shape index (κ2) is 6.93. The molecule has 0 radical (unpaired) electrons. The highest BCUT2D eigenvalue weighted by Gasteiger charge is 2.27. The number of benzene rings is 1. The highest BCUT2D eigenvalue weighted by Crippen LogP contribution is 2.31. The van der Waals surface area contributed by atoms with Gasteiger partial charge in [-0.15, -0.1) is 0 Å². The normalized spacial score (nSPS) is 19.4. The van der Waals surface area contributed by atoms with Gasteiger partial charge in [-0.1, -0.05) is 19.1 Å². The van der Waals surface area contributed by atoms with Crippen molar-refractivity contribution in [2.45, 2.75) is 69.6 Å². The predicted octanol–water partition coefficient (Wildman–Crippen LogP) is 3.90. The van der Waals surface area contributed by atoms with Crippen molar-refractivity contribution in [3.8, 4) is 5.75 Å². The van der Waals surface area contributed by atoms with Crippen LogP contribution in [0.5, 0.6) is 5.75 Å². The molecule has 1 unspecified atom stereocenters. The molecular formula is C17H27NO2S. The Labute approximate surface area is 130 Å². The minimum atomic E-state index is -1.31. The summed E-state index contributed by atoms with van der Waals surface area (Å²) in [5, 5.41) is 5.58. The van der Waals surface area contributed by atoms with Crippen LogP contribution in [0.4, 0.5) is 0 Å². The van der Waals surface area contributed by atoms with Crippen molar-refractivity contribution in [3.63, 3.8) is 0 Å². The van der Waals surface area contributed by atoms with Gasteiger partial charge in [0, 0.05) is 0 Å². The summed E-state index contributed by atoms with van der Waals surface area (Å²) in [6.07, 6.45) is 6.05. The van der Waals surface area contributed by atoms with Crippen LogP contribution in [0.25, 0.3) is 0 Å². The number of nitrogens with two attached hydrogens (primary N) is 1. The van der Waals surface area contributed by atoms with Crippen LogP contribution in [0.3, 0.4) is 0 Å². The summed E-state index contributed by atoms with van der Waals surface area (Å²) in [4.78, 5) is 0. The molecule has 2 atom stereocenters. The molecule has 1 aliphatic rings. The molecule has 0 aromatic heterocycles. The van der Waals surface area contributed by atoms with Crippen molar-refractivity contribution in [3.05, 3.63) is 29.8 Å². The molecule has 2 rings (SSSR count). The van der Waals surface area contributed by atoms with Gasteiger partial charge in [0.05, 0.1) is 21.8 Å². The Bertz CT molecular complexity index is 495. The van der Waals surface area contributed by atoms with Crippen LogP contribution in [0.15, 0.2) is 24.3 Å². The van der Waals surface area contributed by atoms with Crippen molar-refractivity contribution in [1.82, 2.24) is 0 Å². The summed E-state index contributed by atoms with van der Waals surface area (Å²) in [5.74, 6) is 1.26. The average Bonchev–Trinajstić information content (AvgIpc) is 2.91. The molecule has 1 fully saturated rings. The first kappa shape index (κ1) is 16.5. The van der Waals surface area contributed by atoms with Crippen LogP contribution in [-0.2, 0) is 11.0 Å². The quantitative estimate of drug-likeness (QED) is 0.866. The number of ether oxygens (including phenoxy) is 1. The molecule has 1 saturated carbocycles. The lowest BCUT2D eigenvalue weighted by Gasteiger charge is -2.25. The van der Waals surface area contributed by atoms with Gasteiger partial charge >= 0.3 is 0 Å². The maximum Gasteiger partial charge on any atom is 0.119 e. The molecular weight excluding hydrogens is 282 g/mol. The van der Waals surface area contributed by atoms with Crippen molar-refractivity contribution in [2.24, 2.45) is 5.14 Å². The number of hydrogen-bond donors (Lipinski definition) is 1. The first-order valence-electron chi connectivity index (χ1n) is 7.81. The minimum Gasteiger partial charge on any atom is -0.490 e. The van der Waals surface area contributed by atoms with Gasteiger partial charge in [-0.3, -0.25) is 5.14 Å². The molecule has 1 aromatic rings. The largest absolute Gasteiger partial charge is 0.490 e. The standard InChI is InChI=1S/C17H27NO2S/c1-13(12-17(2,3)21(18)19)14-7-6-10-16(11-14)20-15-8-4-5-9-15/h6-7,10-11,13,15H,4-5,8-9,12,18H2,1-3H3/t13-,21?/m1/s1. The van der Waals surface area contributed by atoms with Gasteiger partial charge in [0.1, 0.15) is 5.75 Å². The van der Waals surface area contributed by atoms with E-state index in [0.29, 0.717) is 12.0 Å². The maximum absolute atomic E-state index is 11.6. The van der Waals surface area contributed by atoms with Gasteiger partial charge in [0.2, 0.25) is 0 Å². The molecule has 0 aliphatic heterocycles. The van der Waals surface area contributed by atoms with Gasteiger partial charge in [-0.2, -0.15) is 0 Å². The van der Waals surface area contributed by atoms with E-state index in [1.807, 2.05) is 26.0 Å². The summed E-state index contributed by atoms with van der Waals surface area (Å²) >= 11 is 0. The molecule has 0 spiro atoms. The summed E-state index contributed by atoms with van der Waals surface area (Å²) in [5.41, 5.74) is 1.23. The van der Waals surface area contributed by atoms with Crippen molar-refractivity contribution >= 4 is 11.0 Å². The predicted molar refractivity (Wildman–Crippen MR) is 88.8 cm³/mol. The second-order valence-corrected chi connectivity index (χ2v) is 8.46. The fourth-order valence-corrected chi connectivity index (χ4v) is 3.44. The Morgan fingerprint density at radius 1 is 1.38 bits per heavy atom. The molecule has 1 aliphatic carbocycles. The zero-order valence-corrected chi connectivity index (χ0v) is 14.1. The highest BCUT2D eigenvalue weighted by molar-refractivity contribution is 7.84. The van der Waals surface area contributed by atoms with E-state index in [4.69, 9.17) is 9.88 Å². The highest BCUT2D eigenvalue weighted by atomic mass is 32.2. The lowest BCUT2D eigenvalue weighted by molar-refractivity contribution is 0.209. The van der Waals surface area contributed by atoms with Crippen LogP contribution in [0, 0.1) is 0 Å². The van der Waals surface area contributed by atoms with E-state index in [2.05, 4.69) is 19.1 Å². The molecule has 0 amide bonds. The lowest BCUT2D eigenvalue weighted by Crippen LogP contribution is -2.33. The molecule has 21 heavy (non-hydrogen) atoms. The van der Waals surface area contributed by atoms with E-state index >= 15 is 0 Å². The van der Waals surface area contributed by atoms with Gasteiger partial charge in [-0.25, -0.2) is 4.21 Å². The molecule has 0 heterocycles. The van der Waals surface area contributed by atoms with Crippen LogP contribution in [0.1, 0.15) is 64.4 Å². The third-order valence-corrected chi connectivity index (χ3v) is 5.63. The monoisotopic (exact) mass is 309 g/mol. The first-order valence-corrected chi connectivity index (χ1v) is 9.02. The summed E-state index contributed by atoms with van der Waals surface area (Å²) in [6.45, 7) is 6.07. The third kappa shape index (κ3) is 4.55. The fourth-order valence-electron chi connectivity index (χ4n) is 3.03. The maximum atomic E-state index is 11.6. The smallest absolute Gasteiger partial charge is 0.119 e. The Kier molecular flexibility index (Phi) is 5.44. The number of hydrogen-bond acceptors (Lipinski definition) is 2. The van der Waals surface area contributed by atoms with E-state index in [9.17, 15) is 4.21 Å². The molecule has 118 valence electrons. The van der Waals surface area contributed by atoms with E-state index < -0.39 is 11.0 Å². The van der Waals surface area contributed by atoms with Crippen LogP contribution in [-0.4, -0.2) is 15.1 Å². The fraction of sp³-hybridized carbons (Fsp3) is 0.647. The minimum absolute atomic E-state index is 0.305. The average molecular weight is 309 g/mol. The molecule has 1 aromatic carbocycles. The van der Waals surface area contributed by atoms with Gasteiger partial charge in [0.15, 0.2) is 0 Å². The molecule has 4 heteroatoms. The van der Waals surface area contributed by atoms with E-state index in [0.717, 1.165) is 12.2 Å². The molecule has 0 saturated heterocycles. The van der Waals surface area contributed by atoms with Crippen LogP contribution < -0.4 is 9.88 Å². The van der Waals surface area contributed by atoms with E-state index in [-0.39, 0.29) is 4.75 Å². The number of rotatable bonds is 6. The lowest BCUT2D eigenvalue weighted by atomic mass is 9.91. The third-order valence-electron chi connectivity index (χ3n) is 4.37. The second-order valence-electron chi connectivity index (χ2n) is 6.76. The summed E-state index contributed by atoms with van der Waals surface area (Å²) in [7, 11) is -1.31. The topological polar surface area (TPSA) is 52.3 Å². The van der Waals surface area contributed by atoms with Crippen molar-refractivity contribution in [2.75, 3.05) is 0 Å². The van der Waals surface area contributed by atoms with Crippen molar-refractivity contribution in [1.29, 1.82) is 0 Å². The van der Waals surface area contributed by atoms with E-state index in [1.165, 1.54) is 31.2 Å². The summed E-state index contributed by atoms with van der Waals surface area (Å²) in [6, 6.07) is 8.31. The molecule has 2 N–H and O–H groups in total. The van der Waals surface area contributed by atoms with E-state index in [1.54, 1.807) is 0 Å². The zero-order chi connectivity index (χ0) is 15.5. The Hall–Kier alpha value is -0.870. The van der Waals surface area contributed by atoms with Crippen LogP contribution in [0.2, 0.25) is 0 Å². The first-order chi connectivity index (χ1) is 9.88. The Morgan fingerprint density at radius 2 is 2.05 bits per heavy atom. The molecule has 0 bridgehead atoms. The van der Waals surface area contributed by atoms with Gasteiger partial charge in [0.25, 0.3) is 0 Å². The van der Waals surface area contributed by atoms with Gasteiger partial charge < -0.3 is 4.74 Å². The summed E-state index contributed by atoms with van der Waals surface area (Å²) < 4.78 is 17.3. The zero-order valence-electron chi connectivity index (χ0n) is 13.3.